The van der Waals surface area contributed by atoms with Crippen LogP contribution in [-0.4, -0.2) is 15.2 Å². The van der Waals surface area contributed by atoms with Crippen LogP contribution < -0.4 is 11.3 Å². The summed E-state index contributed by atoms with van der Waals surface area (Å²) in [6, 6.07) is 0. The van der Waals surface area contributed by atoms with Crippen LogP contribution in [0.2, 0.25) is 0 Å². The van der Waals surface area contributed by atoms with Crippen molar-refractivity contribution in [3.05, 3.63) is 16.0 Å². The Hall–Kier alpha value is -1.39. The highest BCUT2D eigenvalue weighted by Gasteiger charge is 2.01. The Morgan fingerprint density at radius 2 is 2.25 bits per heavy atom. The molecule has 0 aromatic carbocycles. The SMILES string of the molecule is CCCCc1nnc(N)[nH]c1=O. The topological polar surface area (TPSA) is 84.7 Å². The van der Waals surface area contributed by atoms with E-state index in [0.29, 0.717) is 12.1 Å². The zero-order valence-corrected chi connectivity index (χ0v) is 7.00. The van der Waals surface area contributed by atoms with Crippen LogP contribution in [0.25, 0.3) is 0 Å². The van der Waals surface area contributed by atoms with Crippen molar-refractivity contribution in [2.24, 2.45) is 0 Å². The lowest BCUT2D eigenvalue weighted by Crippen LogP contribution is -2.18. The number of rotatable bonds is 3. The van der Waals surface area contributed by atoms with E-state index in [1.807, 2.05) is 0 Å². The van der Waals surface area contributed by atoms with Gasteiger partial charge in [-0.15, -0.1) is 10.2 Å². The summed E-state index contributed by atoms with van der Waals surface area (Å²) < 4.78 is 0. The van der Waals surface area contributed by atoms with Crippen molar-refractivity contribution in [1.82, 2.24) is 15.2 Å². The van der Waals surface area contributed by atoms with Gasteiger partial charge >= 0.3 is 0 Å². The van der Waals surface area contributed by atoms with Crippen molar-refractivity contribution in [3.63, 3.8) is 0 Å². The van der Waals surface area contributed by atoms with Crippen LogP contribution in [0.3, 0.4) is 0 Å². The highest BCUT2D eigenvalue weighted by molar-refractivity contribution is 5.11. The molecular formula is C7H12N4O. The number of aromatic nitrogens is 3. The van der Waals surface area contributed by atoms with Crippen LogP contribution in [0.15, 0.2) is 4.79 Å². The fraction of sp³-hybridized carbons (Fsp3) is 0.571. The zero-order valence-electron chi connectivity index (χ0n) is 7.00. The van der Waals surface area contributed by atoms with Crippen molar-refractivity contribution in [3.8, 4) is 0 Å². The molecule has 0 amide bonds. The van der Waals surface area contributed by atoms with Gasteiger partial charge in [-0.05, 0) is 12.8 Å². The molecule has 0 bridgehead atoms. The summed E-state index contributed by atoms with van der Waals surface area (Å²) in [7, 11) is 0. The molecule has 1 aromatic rings. The van der Waals surface area contributed by atoms with E-state index in [-0.39, 0.29) is 11.5 Å². The predicted octanol–water partition coefficient (Wildman–Crippen LogP) is 0.0897. The number of nitrogens with one attached hydrogen (secondary N) is 1. The van der Waals surface area contributed by atoms with Crippen molar-refractivity contribution >= 4 is 5.95 Å². The Labute approximate surface area is 70.0 Å². The van der Waals surface area contributed by atoms with E-state index in [1.54, 1.807) is 0 Å². The van der Waals surface area contributed by atoms with Gasteiger partial charge < -0.3 is 5.73 Å². The molecule has 12 heavy (non-hydrogen) atoms. The Morgan fingerprint density at radius 1 is 1.50 bits per heavy atom. The molecule has 0 saturated heterocycles. The summed E-state index contributed by atoms with van der Waals surface area (Å²) in [4.78, 5) is 13.5. The summed E-state index contributed by atoms with van der Waals surface area (Å²) in [6.45, 7) is 2.05. The van der Waals surface area contributed by atoms with Gasteiger partial charge in [0.25, 0.3) is 5.56 Å². The van der Waals surface area contributed by atoms with E-state index < -0.39 is 0 Å². The largest absolute Gasteiger partial charge is 0.368 e. The maximum atomic E-state index is 11.1. The lowest BCUT2D eigenvalue weighted by atomic mass is 10.2. The highest BCUT2D eigenvalue weighted by Crippen LogP contribution is 1.94. The third-order valence-electron chi connectivity index (χ3n) is 1.55. The normalized spacial score (nSPS) is 10.1. The van der Waals surface area contributed by atoms with Crippen LogP contribution >= 0.6 is 0 Å². The van der Waals surface area contributed by atoms with Crippen LogP contribution in [0.4, 0.5) is 5.95 Å². The van der Waals surface area contributed by atoms with Crippen molar-refractivity contribution in [2.75, 3.05) is 5.73 Å². The van der Waals surface area contributed by atoms with E-state index in [2.05, 4.69) is 22.1 Å². The standard InChI is InChI=1S/C7H12N4O/c1-2-3-4-5-6(12)9-7(8)11-10-5/h2-4H2,1H3,(H3,8,9,11,12). The molecule has 1 heterocycles. The molecular weight excluding hydrogens is 156 g/mol. The zero-order chi connectivity index (χ0) is 8.97. The third kappa shape index (κ3) is 2.05. The molecule has 5 nitrogen and oxygen atoms in total. The van der Waals surface area contributed by atoms with Gasteiger partial charge in [-0.25, -0.2) is 0 Å². The maximum Gasteiger partial charge on any atom is 0.274 e. The van der Waals surface area contributed by atoms with Crippen molar-refractivity contribution < 1.29 is 0 Å². The molecule has 0 aliphatic heterocycles. The average molecular weight is 168 g/mol. The van der Waals surface area contributed by atoms with Gasteiger partial charge in [0.2, 0.25) is 5.95 Å². The first-order valence-corrected chi connectivity index (χ1v) is 3.95. The molecule has 0 aliphatic rings. The molecule has 5 heteroatoms. The van der Waals surface area contributed by atoms with Gasteiger partial charge in [0, 0.05) is 0 Å². The molecule has 0 aliphatic carbocycles. The molecule has 1 aromatic heterocycles. The highest BCUT2D eigenvalue weighted by atomic mass is 16.1. The van der Waals surface area contributed by atoms with E-state index in [0.717, 1.165) is 12.8 Å². The number of anilines is 1. The fourth-order valence-electron chi connectivity index (χ4n) is 0.881. The quantitative estimate of drug-likeness (QED) is 0.669. The van der Waals surface area contributed by atoms with Gasteiger partial charge in [-0.2, -0.15) is 0 Å². The molecule has 0 atom stereocenters. The molecule has 0 unspecified atom stereocenters. The predicted molar refractivity (Wildman–Crippen MR) is 45.7 cm³/mol. The lowest BCUT2D eigenvalue weighted by Gasteiger charge is -1.96. The van der Waals surface area contributed by atoms with Crippen molar-refractivity contribution in [1.29, 1.82) is 0 Å². The number of nitrogens with zero attached hydrogens (tertiary/aromatic N) is 2. The minimum absolute atomic E-state index is 0.0697. The second-order valence-corrected chi connectivity index (χ2v) is 2.59. The first kappa shape index (κ1) is 8.70. The van der Waals surface area contributed by atoms with E-state index in [9.17, 15) is 4.79 Å². The van der Waals surface area contributed by atoms with Crippen LogP contribution in [0, 0.1) is 0 Å². The smallest absolute Gasteiger partial charge is 0.274 e. The minimum atomic E-state index is -0.226. The molecule has 1 rings (SSSR count). The number of unbranched alkanes of at least 4 members (excludes halogenated alkanes) is 1. The molecule has 0 radical (unpaired) electrons. The summed E-state index contributed by atoms with van der Waals surface area (Å²) in [5.41, 5.74) is 5.46. The Morgan fingerprint density at radius 3 is 2.83 bits per heavy atom. The van der Waals surface area contributed by atoms with Gasteiger partial charge in [0.1, 0.15) is 5.69 Å². The summed E-state index contributed by atoms with van der Waals surface area (Å²) in [5, 5.41) is 7.26. The molecule has 0 spiro atoms. The van der Waals surface area contributed by atoms with Crippen LogP contribution in [-0.2, 0) is 6.42 Å². The minimum Gasteiger partial charge on any atom is -0.368 e. The summed E-state index contributed by atoms with van der Waals surface area (Å²) in [5.74, 6) is 0.0697. The van der Waals surface area contributed by atoms with Gasteiger partial charge in [-0.3, -0.25) is 9.78 Å². The summed E-state index contributed by atoms with van der Waals surface area (Å²) >= 11 is 0. The number of nitrogens with two attached hydrogens (primary N) is 1. The van der Waals surface area contributed by atoms with Crippen LogP contribution in [0.5, 0.6) is 0 Å². The number of nitrogen functional groups attached to an aromatic ring is 1. The van der Waals surface area contributed by atoms with E-state index in [1.165, 1.54) is 0 Å². The Kier molecular flexibility index (Phi) is 2.79. The lowest BCUT2D eigenvalue weighted by molar-refractivity contribution is 0.742. The van der Waals surface area contributed by atoms with Crippen molar-refractivity contribution in [2.45, 2.75) is 26.2 Å². The molecule has 66 valence electrons. The second-order valence-electron chi connectivity index (χ2n) is 2.59. The number of hydrogen-bond donors (Lipinski definition) is 2. The van der Waals surface area contributed by atoms with Gasteiger partial charge in [0.15, 0.2) is 0 Å². The third-order valence-corrected chi connectivity index (χ3v) is 1.55. The number of H-pyrrole nitrogens is 1. The number of aryl methyl sites for hydroxylation is 1. The molecule has 0 fully saturated rings. The first-order chi connectivity index (χ1) is 5.74. The van der Waals surface area contributed by atoms with Crippen LogP contribution in [0.1, 0.15) is 25.5 Å². The molecule has 3 N–H and O–H groups in total. The summed E-state index contributed by atoms with van der Waals surface area (Å²) in [6.07, 6.45) is 2.65. The van der Waals surface area contributed by atoms with Gasteiger partial charge in [0.05, 0.1) is 0 Å². The monoisotopic (exact) mass is 168 g/mol. The second kappa shape index (κ2) is 3.85. The maximum absolute atomic E-state index is 11.1. The number of aromatic amines is 1. The average Bonchev–Trinajstić information content (AvgIpc) is 2.03. The first-order valence-electron chi connectivity index (χ1n) is 3.95. The molecule has 0 saturated carbocycles. The Balaban J connectivity index is 2.80. The van der Waals surface area contributed by atoms with E-state index in [4.69, 9.17) is 5.73 Å². The van der Waals surface area contributed by atoms with E-state index >= 15 is 0 Å². The van der Waals surface area contributed by atoms with Gasteiger partial charge in [-0.1, -0.05) is 13.3 Å². The number of hydrogen-bond acceptors (Lipinski definition) is 4. The fourth-order valence-corrected chi connectivity index (χ4v) is 0.881. The Bertz CT molecular complexity index is 307.